The Labute approximate surface area is 114 Å². The van der Waals surface area contributed by atoms with Crippen LogP contribution in [0, 0.1) is 24.7 Å². The van der Waals surface area contributed by atoms with E-state index in [2.05, 4.69) is 5.32 Å². The summed E-state index contributed by atoms with van der Waals surface area (Å²) in [7, 11) is 0. The van der Waals surface area contributed by atoms with Crippen molar-refractivity contribution in [3.8, 4) is 0 Å². The maximum absolute atomic E-state index is 12.1. The number of rotatable bonds is 3. The van der Waals surface area contributed by atoms with Gasteiger partial charge in [-0.2, -0.15) is 0 Å². The predicted molar refractivity (Wildman–Crippen MR) is 77.8 cm³/mol. The average Bonchev–Trinajstić information content (AvgIpc) is 2.96. The van der Waals surface area contributed by atoms with Gasteiger partial charge in [0.25, 0.3) is 0 Å². The third-order valence-electron chi connectivity index (χ3n) is 4.82. The maximum atomic E-state index is 12.1. The molecular weight excluding hydrogens is 236 g/mol. The van der Waals surface area contributed by atoms with Gasteiger partial charge in [0.05, 0.1) is 11.4 Å². The van der Waals surface area contributed by atoms with E-state index in [9.17, 15) is 4.79 Å². The van der Waals surface area contributed by atoms with Crippen LogP contribution < -0.4 is 11.1 Å². The van der Waals surface area contributed by atoms with Gasteiger partial charge in [-0.3, -0.25) is 4.79 Å². The van der Waals surface area contributed by atoms with Gasteiger partial charge in [-0.25, -0.2) is 0 Å². The second-order valence-corrected chi connectivity index (χ2v) is 6.28. The third-order valence-corrected chi connectivity index (χ3v) is 4.82. The third kappa shape index (κ3) is 2.60. The Morgan fingerprint density at radius 1 is 1.37 bits per heavy atom. The molecule has 0 radical (unpaired) electrons. The number of anilines is 2. The average molecular weight is 258 g/mol. The summed E-state index contributed by atoms with van der Waals surface area (Å²) in [6, 6.07) is 5.75. The molecule has 102 valence electrons. The molecule has 1 amide bonds. The van der Waals surface area contributed by atoms with E-state index in [4.69, 9.17) is 5.73 Å². The highest BCUT2D eigenvalue weighted by atomic mass is 16.1. The molecule has 3 unspecified atom stereocenters. The van der Waals surface area contributed by atoms with Crippen LogP contribution in [0.3, 0.4) is 0 Å². The Kier molecular flexibility index (Phi) is 3.21. The second kappa shape index (κ2) is 4.87. The fraction of sp³-hybridized carbons (Fsp3) is 0.562. The maximum Gasteiger partial charge on any atom is 0.224 e. The first kappa shape index (κ1) is 12.5. The summed E-state index contributed by atoms with van der Waals surface area (Å²) in [6.07, 6.45) is 5.98. The van der Waals surface area contributed by atoms with Crippen molar-refractivity contribution >= 4 is 17.3 Å². The molecule has 1 aromatic carbocycles. The van der Waals surface area contributed by atoms with Gasteiger partial charge >= 0.3 is 0 Å². The Morgan fingerprint density at radius 2 is 2.21 bits per heavy atom. The molecule has 2 bridgehead atoms. The highest BCUT2D eigenvalue weighted by Crippen LogP contribution is 2.49. The van der Waals surface area contributed by atoms with E-state index in [0.29, 0.717) is 18.0 Å². The summed E-state index contributed by atoms with van der Waals surface area (Å²) in [5, 5.41) is 2.97. The fourth-order valence-electron chi connectivity index (χ4n) is 3.84. The van der Waals surface area contributed by atoms with Crippen LogP contribution in [0.5, 0.6) is 0 Å². The van der Waals surface area contributed by atoms with Crippen LogP contribution >= 0.6 is 0 Å². The molecule has 3 nitrogen and oxygen atoms in total. The van der Waals surface area contributed by atoms with Gasteiger partial charge < -0.3 is 11.1 Å². The first-order valence-corrected chi connectivity index (χ1v) is 7.28. The molecule has 2 aliphatic rings. The highest BCUT2D eigenvalue weighted by Gasteiger charge is 2.40. The van der Waals surface area contributed by atoms with Gasteiger partial charge in [0.1, 0.15) is 0 Å². The van der Waals surface area contributed by atoms with E-state index >= 15 is 0 Å². The second-order valence-electron chi connectivity index (χ2n) is 6.28. The number of hydrogen-bond donors (Lipinski definition) is 2. The molecular formula is C16H22N2O. The van der Waals surface area contributed by atoms with Crippen LogP contribution in [0.4, 0.5) is 11.4 Å². The molecule has 0 heterocycles. The minimum atomic E-state index is 0.120. The number of amides is 1. The molecule has 19 heavy (non-hydrogen) atoms. The smallest absolute Gasteiger partial charge is 0.224 e. The van der Waals surface area contributed by atoms with Crippen molar-refractivity contribution in [1.82, 2.24) is 0 Å². The highest BCUT2D eigenvalue weighted by molar-refractivity contribution is 5.94. The molecule has 0 aliphatic heterocycles. The molecule has 3 atom stereocenters. The topological polar surface area (TPSA) is 55.1 Å². The standard InChI is InChI=1S/C16H22N2O/c1-10-2-5-14(17)15(6-10)18-16(19)9-13-8-11-3-4-12(13)7-11/h2,5-6,11-13H,3-4,7-9,17H2,1H3,(H,18,19). The number of benzene rings is 1. The van der Waals surface area contributed by atoms with Crippen LogP contribution in [0.25, 0.3) is 0 Å². The molecule has 0 saturated heterocycles. The van der Waals surface area contributed by atoms with E-state index in [1.807, 2.05) is 25.1 Å². The minimum Gasteiger partial charge on any atom is -0.397 e. The molecule has 3 heteroatoms. The number of nitrogen functional groups attached to an aromatic ring is 1. The number of aryl methyl sites for hydroxylation is 1. The van der Waals surface area contributed by atoms with E-state index in [0.717, 1.165) is 23.1 Å². The first-order chi connectivity index (χ1) is 9.11. The van der Waals surface area contributed by atoms with Crippen molar-refractivity contribution in [3.63, 3.8) is 0 Å². The predicted octanol–water partition coefficient (Wildman–Crippen LogP) is 3.34. The lowest BCUT2D eigenvalue weighted by Crippen LogP contribution is -2.20. The largest absolute Gasteiger partial charge is 0.397 e. The van der Waals surface area contributed by atoms with Crippen molar-refractivity contribution in [2.75, 3.05) is 11.1 Å². The number of hydrogen-bond acceptors (Lipinski definition) is 2. The Balaban J connectivity index is 1.61. The summed E-state index contributed by atoms with van der Waals surface area (Å²) < 4.78 is 0. The molecule has 2 saturated carbocycles. The molecule has 0 aromatic heterocycles. The summed E-state index contributed by atoms with van der Waals surface area (Å²) in [4.78, 5) is 12.1. The molecule has 3 rings (SSSR count). The fourth-order valence-corrected chi connectivity index (χ4v) is 3.84. The van der Waals surface area contributed by atoms with E-state index in [1.165, 1.54) is 25.7 Å². The lowest BCUT2D eigenvalue weighted by molar-refractivity contribution is -0.117. The normalized spacial score (nSPS) is 28.6. The van der Waals surface area contributed by atoms with Gasteiger partial charge in [-0.05, 0) is 61.6 Å². The van der Waals surface area contributed by atoms with Crippen molar-refractivity contribution in [1.29, 1.82) is 0 Å². The van der Waals surface area contributed by atoms with Crippen molar-refractivity contribution in [3.05, 3.63) is 23.8 Å². The number of fused-ring (bicyclic) bond motifs is 2. The number of carbonyl (C=O) groups excluding carboxylic acids is 1. The lowest BCUT2D eigenvalue weighted by Gasteiger charge is -2.21. The molecule has 1 aromatic rings. The number of carbonyl (C=O) groups is 1. The first-order valence-electron chi connectivity index (χ1n) is 7.28. The van der Waals surface area contributed by atoms with E-state index in [1.54, 1.807) is 0 Å². The monoisotopic (exact) mass is 258 g/mol. The zero-order valence-corrected chi connectivity index (χ0v) is 11.5. The summed E-state index contributed by atoms with van der Waals surface area (Å²) >= 11 is 0. The van der Waals surface area contributed by atoms with Gasteiger partial charge in [0.2, 0.25) is 5.91 Å². The van der Waals surface area contributed by atoms with Crippen LogP contribution in [0.2, 0.25) is 0 Å². The Morgan fingerprint density at radius 3 is 2.89 bits per heavy atom. The SMILES string of the molecule is Cc1ccc(N)c(NC(=O)CC2CC3CCC2C3)c1. The van der Waals surface area contributed by atoms with Crippen molar-refractivity contribution < 1.29 is 4.79 Å². The zero-order valence-electron chi connectivity index (χ0n) is 11.5. The van der Waals surface area contributed by atoms with E-state index in [-0.39, 0.29) is 5.91 Å². The van der Waals surface area contributed by atoms with Gasteiger partial charge in [0.15, 0.2) is 0 Å². The minimum absolute atomic E-state index is 0.120. The van der Waals surface area contributed by atoms with Crippen LogP contribution in [-0.2, 0) is 4.79 Å². The summed E-state index contributed by atoms with van der Waals surface area (Å²) in [6.45, 7) is 2.00. The number of nitrogens with two attached hydrogens (primary N) is 1. The lowest BCUT2D eigenvalue weighted by atomic mass is 9.86. The van der Waals surface area contributed by atoms with Crippen LogP contribution in [0.1, 0.15) is 37.7 Å². The summed E-state index contributed by atoms with van der Waals surface area (Å²) in [5.74, 6) is 2.41. The molecule has 3 N–H and O–H groups in total. The van der Waals surface area contributed by atoms with Gasteiger partial charge in [-0.1, -0.05) is 12.5 Å². The van der Waals surface area contributed by atoms with Crippen LogP contribution in [0.15, 0.2) is 18.2 Å². The van der Waals surface area contributed by atoms with E-state index < -0.39 is 0 Å². The quantitative estimate of drug-likeness (QED) is 0.817. The van der Waals surface area contributed by atoms with Gasteiger partial charge in [-0.15, -0.1) is 0 Å². The zero-order chi connectivity index (χ0) is 13.4. The molecule has 0 spiro atoms. The summed E-state index contributed by atoms with van der Waals surface area (Å²) in [5.41, 5.74) is 8.41. The Hall–Kier alpha value is -1.51. The van der Waals surface area contributed by atoms with Crippen molar-refractivity contribution in [2.24, 2.45) is 17.8 Å². The van der Waals surface area contributed by atoms with Crippen molar-refractivity contribution in [2.45, 2.75) is 39.0 Å². The Bertz CT molecular complexity index is 498. The van der Waals surface area contributed by atoms with Crippen LogP contribution in [-0.4, -0.2) is 5.91 Å². The number of nitrogens with one attached hydrogen (secondary N) is 1. The molecule has 2 aliphatic carbocycles. The van der Waals surface area contributed by atoms with Gasteiger partial charge in [0, 0.05) is 6.42 Å². The molecule has 2 fully saturated rings.